The van der Waals surface area contributed by atoms with Crippen molar-refractivity contribution >= 4 is 11.8 Å². The van der Waals surface area contributed by atoms with Gasteiger partial charge in [-0.15, -0.1) is 0 Å². The molecule has 1 N–H and O–H groups in total. The molecule has 1 aromatic heterocycles. The second-order valence-electron chi connectivity index (χ2n) is 4.57. The van der Waals surface area contributed by atoms with E-state index in [2.05, 4.69) is 34.2 Å². The first-order valence-corrected chi connectivity index (χ1v) is 7.43. The minimum atomic E-state index is 0.550. The summed E-state index contributed by atoms with van der Waals surface area (Å²) in [5.74, 6) is 1.81. The second kappa shape index (κ2) is 5.73. The van der Waals surface area contributed by atoms with Crippen LogP contribution in [-0.4, -0.2) is 34.6 Å². The second-order valence-corrected chi connectivity index (χ2v) is 5.48. The SMILES string of the molecule is CSCC(C)n1cncc1C1CCCNC1. The molecule has 2 heterocycles. The van der Waals surface area contributed by atoms with Crippen LogP contribution in [0.4, 0.5) is 0 Å². The van der Waals surface area contributed by atoms with E-state index in [9.17, 15) is 0 Å². The molecule has 1 aliphatic heterocycles. The third kappa shape index (κ3) is 2.61. The van der Waals surface area contributed by atoms with Crippen molar-refractivity contribution < 1.29 is 0 Å². The van der Waals surface area contributed by atoms with Gasteiger partial charge in [0.15, 0.2) is 0 Å². The molecule has 0 aromatic carbocycles. The first-order valence-electron chi connectivity index (χ1n) is 6.04. The first kappa shape index (κ1) is 12.0. The van der Waals surface area contributed by atoms with Crippen molar-refractivity contribution in [3.63, 3.8) is 0 Å². The molecule has 0 amide bonds. The van der Waals surface area contributed by atoms with Gasteiger partial charge in [-0.05, 0) is 32.6 Å². The maximum atomic E-state index is 4.33. The highest BCUT2D eigenvalue weighted by Crippen LogP contribution is 2.25. The summed E-state index contributed by atoms with van der Waals surface area (Å²) in [5.41, 5.74) is 1.41. The highest BCUT2D eigenvalue weighted by molar-refractivity contribution is 7.98. The summed E-state index contributed by atoms with van der Waals surface area (Å²) < 4.78 is 2.36. The number of rotatable bonds is 4. The van der Waals surface area contributed by atoms with Gasteiger partial charge in [0.2, 0.25) is 0 Å². The Labute approximate surface area is 102 Å². The van der Waals surface area contributed by atoms with Crippen LogP contribution < -0.4 is 5.32 Å². The minimum absolute atomic E-state index is 0.550. The molecule has 16 heavy (non-hydrogen) atoms. The summed E-state index contributed by atoms with van der Waals surface area (Å²) >= 11 is 1.90. The van der Waals surface area contributed by atoms with Gasteiger partial charge < -0.3 is 9.88 Å². The molecular weight excluding hydrogens is 218 g/mol. The molecular formula is C12H21N3S. The van der Waals surface area contributed by atoms with Crippen LogP contribution in [0.3, 0.4) is 0 Å². The zero-order valence-electron chi connectivity index (χ0n) is 10.1. The standard InChI is InChI=1S/C12H21N3S/c1-10(8-16-2)15-9-14-7-12(15)11-4-3-5-13-6-11/h7,9-11,13H,3-6,8H2,1-2H3. The van der Waals surface area contributed by atoms with E-state index >= 15 is 0 Å². The van der Waals surface area contributed by atoms with Crippen molar-refractivity contribution in [3.8, 4) is 0 Å². The molecule has 3 nitrogen and oxygen atoms in total. The summed E-state index contributed by atoms with van der Waals surface area (Å²) in [5, 5.41) is 3.47. The molecule has 0 bridgehead atoms. The van der Waals surface area contributed by atoms with Gasteiger partial charge in [-0.25, -0.2) is 4.98 Å². The van der Waals surface area contributed by atoms with Crippen molar-refractivity contribution in [3.05, 3.63) is 18.2 Å². The van der Waals surface area contributed by atoms with Crippen LogP contribution in [0.25, 0.3) is 0 Å². The molecule has 4 heteroatoms. The lowest BCUT2D eigenvalue weighted by atomic mass is 9.96. The zero-order chi connectivity index (χ0) is 11.4. The average molecular weight is 239 g/mol. The van der Waals surface area contributed by atoms with Gasteiger partial charge in [0, 0.05) is 36.1 Å². The number of piperidine rings is 1. The lowest BCUT2D eigenvalue weighted by molar-refractivity contribution is 0.432. The van der Waals surface area contributed by atoms with Crippen molar-refractivity contribution in [2.75, 3.05) is 25.1 Å². The van der Waals surface area contributed by atoms with E-state index in [1.165, 1.54) is 25.1 Å². The Morgan fingerprint density at radius 3 is 3.25 bits per heavy atom. The Bertz CT molecular complexity index is 318. The number of hydrogen-bond acceptors (Lipinski definition) is 3. The lowest BCUT2D eigenvalue weighted by Crippen LogP contribution is -2.30. The van der Waals surface area contributed by atoms with Crippen molar-refractivity contribution in [1.29, 1.82) is 0 Å². The fraction of sp³-hybridized carbons (Fsp3) is 0.750. The number of nitrogens with one attached hydrogen (secondary N) is 1. The number of thioether (sulfide) groups is 1. The van der Waals surface area contributed by atoms with E-state index in [0.717, 1.165) is 12.3 Å². The van der Waals surface area contributed by atoms with Crippen LogP contribution in [-0.2, 0) is 0 Å². The van der Waals surface area contributed by atoms with E-state index in [0.29, 0.717) is 12.0 Å². The van der Waals surface area contributed by atoms with E-state index < -0.39 is 0 Å². The monoisotopic (exact) mass is 239 g/mol. The molecule has 1 fully saturated rings. The third-order valence-electron chi connectivity index (χ3n) is 3.29. The molecule has 2 unspecified atom stereocenters. The third-order valence-corrected chi connectivity index (χ3v) is 4.11. The first-order chi connectivity index (χ1) is 7.83. The van der Waals surface area contributed by atoms with Crippen LogP contribution in [0.1, 0.15) is 37.4 Å². The van der Waals surface area contributed by atoms with Crippen LogP contribution in [0.2, 0.25) is 0 Å². The van der Waals surface area contributed by atoms with Gasteiger partial charge in [0.1, 0.15) is 0 Å². The van der Waals surface area contributed by atoms with Gasteiger partial charge in [-0.1, -0.05) is 0 Å². The summed E-state index contributed by atoms with van der Waals surface area (Å²) in [7, 11) is 0. The van der Waals surface area contributed by atoms with Gasteiger partial charge in [-0.3, -0.25) is 0 Å². The Hall–Kier alpha value is -0.480. The molecule has 0 saturated carbocycles. The van der Waals surface area contributed by atoms with Crippen LogP contribution in [0, 0.1) is 0 Å². The smallest absolute Gasteiger partial charge is 0.0951 e. The Morgan fingerprint density at radius 2 is 2.56 bits per heavy atom. The van der Waals surface area contributed by atoms with Crippen LogP contribution in [0.15, 0.2) is 12.5 Å². The predicted molar refractivity (Wildman–Crippen MR) is 70.2 cm³/mol. The summed E-state index contributed by atoms with van der Waals surface area (Å²) in [6.07, 6.45) is 8.78. The molecule has 1 saturated heterocycles. The molecule has 1 aliphatic rings. The van der Waals surface area contributed by atoms with E-state index in [1.54, 1.807) is 0 Å². The van der Waals surface area contributed by atoms with Crippen molar-refractivity contribution in [1.82, 2.24) is 14.9 Å². The Balaban J connectivity index is 2.11. The average Bonchev–Trinajstić information content (AvgIpc) is 2.79. The van der Waals surface area contributed by atoms with E-state index in [1.807, 2.05) is 18.1 Å². The molecule has 0 spiro atoms. The van der Waals surface area contributed by atoms with Crippen molar-refractivity contribution in [2.45, 2.75) is 31.7 Å². The quantitative estimate of drug-likeness (QED) is 0.874. The molecule has 0 aliphatic carbocycles. The van der Waals surface area contributed by atoms with Crippen LogP contribution in [0.5, 0.6) is 0 Å². The fourth-order valence-electron chi connectivity index (χ4n) is 2.43. The summed E-state index contributed by atoms with van der Waals surface area (Å²) in [4.78, 5) is 4.33. The van der Waals surface area contributed by atoms with Crippen LogP contribution >= 0.6 is 11.8 Å². The Morgan fingerprint density at radius 1 is 1.69 bits per heavy atom. The Kier molecular flexibility index (Phi) is 4.29. The lowest BCUT2D eigenvalue weighted by Gasteiger charge is -2.25. The molecule has 90 valence electrons. The normalized spacial score (nSPS) is 23.2. The highest BCUT2D eigenvalue weighted by atomic mass is 32.2. The zero-order valence-corrected chi connectivity index (χ0v) is 11.0. The van der Waals surface area contributed by atoms with Gasteiger partial charge in [0.05, 0.1) is 6.33 Å². The molecule has 1 aromatic rings. The maximum Gasteiger partial charge on any atom is 0.0951 e. The largest absolute Gasteiger partial charge is 0.331 e. The predicted octanol–water partition coefficient (Wildman–Crippen LogP) is 2.27. The van der Waals surface area contributed by atoms with Crippen molar-refractivity contribution in [2.24, 2.45) is 0 Å². The van der Waals surface area contributed by atoms with E-state index in [-0.39, 0.29) is 0 Å². The van der Waals surface area contributed by atoms with E-state index in [4.69, 9.17) is 0 Å². The van der Waals surface area contributed by atoms with Gasteiger partial charge >= 0.3 is 0 Å². The topological polar surface area (TPSA) is 29.9 Å². The summed E-state index contributed by atoms with van der Waals surface area (Å²) in [6.45, 7) is 4.56. The highest BCUT2D eigenvalue weighted by Gasteiger charge is 2.20. The molecule has 0 radical (unpaired) electrons. The number of imidazole rings is 1. The van der Waals surface area contributed by atoms with Gasteiger partial charge in [0.25, 0.3) is 0 Å². The summed E-state index contributed by atoms with van der Waals surface area (Å²) in [6, 6.07) is 0.550. The maximum absolute atomic E-state index is 4.33. The number of hydrogen-bond donors (Lipinski definition) is 1. The number of aromatic nitrogens is 2. The molecule has 2 rings (SSSR count). The minimum Gasteiger partial charge on any atom is -0.331 e. The number of nitrogens with zero attached hydrogens (tertiary/aromatic N) is 2. The van der Waals surface area contributed by atoms with Gasteiger partial charge in [-0.2, -0.15) is 11.8 Å². The fourth-order valence-corrected chi connectivity index (χ4v) is 3.07. The molecule has 2 atom stereocenters.